The van der Waals surface area contributed by atoms with Crippen LogP contribution in [0.2, 0.25) is 0 Å². The van der Waals surface area contributed by atoms with Crippen molar-refractivity contribution in [3.63, 3.8) is 0 Å². The number of hydrogen-bond acceptors (Lipinski definition) is 2. The Labute approximate surface area is 157 Å². The Kier molecular flexibility index (Phi) is 5.41. The summed E-state index contributed by atoms with van der Waals surface area (Å²) in [7, 11) is 0. The third-order valence-electron chi connectivity index (χ3n) is 4.56. The minimum Gasteiger partial charge on any atom is -0.478 e. The van der Waals surface area contributed by atoms with Crippen LogP contribution in [-0.2, 0) is 13.0 Å². The van der Waals surface area contributed by atoms with Crippen molar-refractivity contribution in [3.8, 4) is 11.1 Å². The molecule has 0 radical (unpaired) electrons. The summed E-state index contributed by atoms with van der Waals surface area (Å²) in [6.45, 7) is 2.53. The van der Waals surface area contributed by atoms with Crippen LogP contribution < -0.4 is 0 Å². The number of hydrogen-bond donors (Lipinski definition) is 2. The van der Waals surface area contributed by atoms with Crippen molar-refractivity contribution in [1.29, 1.82) is 0 Å². The van der Waals surface area contributed by atoms with E-state index >= 15 is 0 Å². The average Bonchev–Trinajstić information content (AvgIpc) is 3.05. The van der Waals surface area contributed by atoms with E-state index in [9.17, 15) is 19.8 Å². The zero-order chi connectivity index (χ0) is 19.4. The molecule has 27 heavy (non-hydrogen) atoms. The van der Waals surface area contributed by atoms with Gasteiger partial charge in [-0.15, -0.1) is 0 Å². The van der Waals surface area contributed by atoms with Crippen molar-refractivity contribution in [2.75, 3.05) is 0 Å². The van der Waals surface area contributed by atoms with Gasteiger partial charge < -0.3 is 14.8 Å². The quantitative estimate of drug-likeness (QED) is 0.645. The van der Waals surface area contributed by atoms with Crippen LogP contribution in [0.4, 0.5) is 0 Å². The fraction of sp³-hybridized carbons (Fsp3) is 0.182. The minimum absolute atomic E-state index is 0.258. The molecule has 0 saturated heterocycles. The van der Waals surface area contributed by atoms with Crippen LogP contribution in [0.1, 0.15) is 45.4 Å². The third kappa shape index (κ3) is 3.92. The molecule has 0 aliphatic rings. The van der Waals surface area contributed by atoms with Gasteiger partial charge in [-0.05, 0) is 41.3 Å². The molecule has 0 amide bonds. The van der Waals surface area contributed by atoms with Gasteiger partial charge >= 0.3 is 11.9 Å². The summed E-state index contributed by atoms with van der Waals surface area (Å²) in [5.74, 6) is -1.90. The van der Waals surface area contributed by atoms with E-state index in [2.05, 4.69) is 6.92 Å². The minimum atomic E-state index is -0.961. The second kappa shape index (κ2) is 7.91. The third-order valence-corrected chi connectivity index (χ3v) is 4.56. The van der Waals surface area contributed by atoms with Gasteiger partial charge in [0.1, 0.15) is 5.69 Å². The Morgan fingerprint density at radius 3 is 2.22 bits per heavy atom. The lowest BCUT2D eigenvalue weighted by Gasteiger charge is -2.12. The second-order valence-corrected chi connectivity index (χ2v) is 6.40. The first-order chi connectivity index (χ1) is 13.0. The van der Waals surface area contributed by atoms with Crippen molar-refractivity contribution in [1.82, 2.24) is 4.57 Å². The molecule has 1 aromatic heterocycles. The molecule has 5 nitrogen and oxygen atoms in total. The van der Waals surface area contributed by atoms with Crippen LogP contribution in [0.25, 0.3) is 11.1 Å². The Hall–Kier alpha value is -3.34. The van der Waals surface area contributed by atoms with E-state index in [-0.39, 0.29) is 11.3 Å². The fourth-order valence-corrected chi connectivity index (χ4v) is 3.25. The number of aromatic nitrogens is 1. The van der Waals surface area contributed by atoms with Crippen LogP contribution in [0.3, 0.4) is 0 Å². The van der Waals surface area contributed by atoms with Gasteiger partial charge in [-0.25, -0.2) is 9.59 Å². The molecule has 1 heterocycles. The lowest BCUT2D eigenvalue weighted by Crippen LogP contribution is -2.12. The van der Waals surface area contributed by atoms with Gasteiger partial charge in [0, 0.05) is 12.2 Å². The van der Waals surface area contributed by atoms with E-state index in [4.69, 9.17) is 0 Å². The van der Waals surface area contributed by atoms with Gasteiger partial charge in [-0.1, -0.05) is 55.8 Å². The SMILES string of the molecule is CCCc1ccc(C(=O)O)n1Cc1ccc(-c2ccccc2C(=O)O)cc1. The van der Waals surface area contributed by atoms with E-state index < -0.39 is 11.9 Å². The van der Waals surface area contributed by atoms with E-state index in [1.807, 2.05) is 41.0 Å². The number of nitrogens with zero attached hydrogens (tertiary/aromatic N) is 1. The number of aromatic carboxylic acids is 2. The zero-order valence-electron chi connectivity index (χ0n) is 15.1. The summed E-state index contributed by atoms with van der Waals surface area (Å²) in [6.07, 6.45) is 1.76. The number of carboxylic acids is 2. The highest BCUT2D eigenvalue weighted by Crippen LogP contribution is 2.25. The molecule has 0 fully saturated rings. The highest BCUT2D eigenvalue weighted by molar-refractivity contribution is 5.96. The first kappa shape index (κ1) is 18.5. The molecule has 3 rings (SSSR count). The van der Waals surface area contributed by atoms with E-state index in [1.54, 1.807) is 24.3 Å². The Morgan fingerprint density at radius 2 is 1.59 bits per heavy atom. The van der Waals surface area contributed by atoms with Crippen molar-refractivity contribution in [2.24, 2.45) is 0 Å². The summed E-state index contributed by atoms with van der Waals surface area (Å²) in [4.78, 5) is 22.9. The average molecular weight is 363 g/mol. The van der Waals surface area contributed by atoms with Crippen LogP contribution >= 0.6 is 0 Å². The number of benzene rings is 2. The van der Waals surface area contributed by atoms with Crippen molar-refractivity contribution in [3.05, 3.63) is 83.2 Å². The van der Waals surface area contributed by atoms with Gasteiger partial charge in [0.15, 0.2) is 0 Å². The van der Waals surface area contributed by atoms with Crippen LogP contribution in [0, 0.1) is 0 Å². The summed E-state index contributed by atoms with van der Waals surface area (Å²) in [5.41, 5.74) is 3.97. The molecule has 138 valence electrons. The van der Waals surface area contributed by atoms with Crippen LogP contribution in [0.5, 0.6) is 0 Å². The van der Waals surface area contributed by atoms with Gasteiger partial charge in [0.25, 0.3) is 0 Å². The maximum Gasteiger partial charge on any atom is 0.352 e. The van der Waals surface area contributed by atoms with Gasteiger partial charge in [0.2, 0.25) is 0 Å². The normalized spacial score (nSPS) is 10.7. The predicted octanol–water partition coefficient (Wildman–Crippen LogP) is 4.55. The second-order valence-electron chi connectivity index (χ2n) is 6.40. The summed E-state index contributed by atoms with van der Waals surface area (Å²) in [6, 6.07) is 18.0. The number of carbonyl (C=O) groups is 2. The summed E-state index contributed by atoms with van der Waals surface area (Å²) >= 11 is 0. The molecule has 0 spiro atoms. The maximum atomic E-state index is 11.5. The Balaban J connectivity index is 1.91. The molecule has 0 saturated carbocycles. The molecule has 5 heteroatoms. The highest BCUT2D eigenvalue weighted by Gasteiger charge is 2.14. The molecule has 0 aliphatic carbocycles. The monoisotopic (exact) mass is 363 g/mol. The number of rotatable bonds is 7. The standard InChI is InChI=1S/C22H21NO4/c1-2-5-17-12-13-20(22(26)27)23(17)14-15-8-10-16(11-9-15)18-6-3-4-7-19(18)21(24)25/h3-4,6-13H,2,5,14H2,1H3,(H,24,25)(H,26,27). The smallest absolute Gasteiger partial charge is 0.352 e. The predicted molar refractivity (Wildman–Crippen MR) is 103 cm³/mol. The molecule has 0 unspecified atom stereocenters. The largest absolute Gasteiger partial charge is 0.478 e. The molecule has 3 aromatic rings. The fourth-order valence-electron chi connectivity index (χ4n) is 3.25. The van der Waals surface area contributed by atoms with Crippen molar-refractivity contribution < 1.29 is 19.8 Å². The molecule has 0 atom stereocenters. The summed E-state index contributed by atoms with van der Waals surface area (Å²) < 4.78 is 1.83. The summed E-state index contributed by atoms with van der Waals surface area (Å²) in [5, 5.41) is 18.8. The number of carboxylic acid groups (broad SMARTS) is 2. The zero-order valence-corrected chi connectivity index (χ0v) is 15.1. The van der Waals surface area contributed by atoms with Crippen LogP contribution in [0.15, 0.2) is 60.7 Å². The topological polar surface area (TPSA) is 79.5 Å². The van der Waals surface area contributed by atoms with E-state index in [0.29, 0.717) is 12.1 Å². The van der Waals surface area contributed by atoms with E-state index in [0.717, 1.165) is 29.7 Å². The molecule has 0 bridgehead atoms. The molecular weight excluding hydrogens is 342 g/mol. The molecule has 2 N–H and O–H groups in total. The lowest BCUT2D eigenvalue weighted by atomic mass is 9.99. The Morgan fingerprint density at radius 1 is 0.889 bits per heavy atom. The van der Waals surface area contributed by atoms with E-state index in [1.165, 1.54) is 0 Å². The highest BCUT2D eigenvalue weighted by atomic mass is 16.4. The van der Waals surface area contributed by atoms with Gasteiger partial charge in [-0.2, -0.15) is 0 Å². The van der Waals surface area contributed by atoms with Gasteiger partial charge in [0.05, 0.1) is 5.56 Å². The van der Waals surface area contributed by atoms with Gasteiger partial charge in [-0.3, -0.25) is 0 Å². The first-order valence-corrected chi connectivity index (χ1v) is 8.84. The number of aryl methyl sites for hydroxylation is 1. The van der Waals surface area contributed by atoms with Crippen LogP contribution in [-0.4, -0.2) is 26.7 Å². The first-order valence-electron chi connectivity index (χ1n) is 8.84. The Bertz CT molecular complexity index is 970. The van der Waals surface area contributed by atoms with Crippen molar-refractivity contribution in [2.45, 2.75) is 26.3 Å². The lowest BCUT2D eigenvalue weighted by molar-refractivity contribution is 0.0679. The molecular formula is C22H21NO4. The molecule has 2 aromatic carbocycles. The molecule has 0 aliphatic heterocycles. The van der Waals surface area contributed by atoms with Crippen molar-refractivity contribution >= 4 is 11.9 Å². The maximum absolute atomic E-state index is 11.5.